The smallest absolute Gasteiger partial charge is 0.450 e. The van der Waals surface area contributed by atoms with Crippen molar-refractivity contribution in [1.29, 1.82) is 0 Å². The van der Waals surface area contributed by atoms with Crippen molar-refractivity contribution in [3.8, 4) is 0 Å². The molecule has 5 heteroatoms. The van der Waals surface area contributed by atoms with Crippen LogP contribution in [0.15, 0.2) is 0 Å². The van der Waals surface area contributed by atoms with Gasteiger partial charge in [0.05, 0.1) is 0 Å². The zero-order chi connectivity index (χ0) is 3.58. The molecule has 0 aromatic heterocycles. The predicted octanol–water partition coefficient (Wildman–Crippen LogP) is -0.602. The van der Waals surface area contributed by atoms with E-state index in [-0.39, 0.29) is 46.8 Å². The minimum atomic E-state index is -1.83. The van der Waals surface area contributed by atoms with Crippen molar-refractivity contribution < 1.29 is 61.8 Å². The molecule has 35 valence electrons. The van der Waals surface area contributed by atoms with Gasteiger partial charge in [-0.1, -0.05) is 0 Å². The van der Waals surface area contributed by atoms with E-state index in [1.807, 2.05) is 0 Å². The number of rotatable bonds is 0. The predicted molar refractivity (Wildman–Crippen MR) is 14.3 cm³/mol. The van der Waals surface area contributed by atoms with E-state index in [1.165, 1.54) is 0 Å². The van der Waals surface area contributed by atoms with Crippen molar-refractivity contribution >= 4 is 6.16 Å². The summed E-state index contributed by atoms with van der Waals surface area (Å²) < 4.78 is 0. The average molecular weight is 221 g/mol. The average Bonchev–Trinajstić information content (AvgIpc) is 0.811. The molecule has 6 heavy (non-hydrogen) atoms. The Kier molecular flexibility index (Phi) is 24.3. The molecule has 4 N–H and O–H groups in total. The maximum absolute atomic E-state index is 8.56. The summed E-state index contributed by atoms with van der Waals surface area (Å²) in [6, 6.07) is 0. The Hall–Kier alpha value is 0.594. The number of carboxylic acid groups (broad SMARTS) is 2. The van der Waals surface area contributed by atoms with Crippen LogP contribution in [0.4, 0.5) is 4.79 Å². The van der Waals surface area contributed by atoms with Crippen LogP contribution >= 0.6 is 0 Å². The second-order valence-corrected chi connectivity index (χ2v) is 0.283. The molecule has 0 saturated heterocycles. The van der Waals surface area contributed by atoms with E-state index in [0.717, 1.165) is 0 Å². The second-order valence-electron chi connectivity index (χ2n) is 0.283. The largest absolute Gasteiger partial charge is 0.503 e. The first-order chi connectivity index (χ1) is 1.73. The van der Waals surface area contributed by atoms with Crippen LogP contribution in [0.25, 0.3) is 0 Å². The third-order valence-electron chi connectivity index (χ3n) is 0. The van der Waals surface area contributed by atoms with E-state index in [0.29, 0.717) is 0 Å². The van der Waals surface area contributed by atoms with E-state index in [2.05, 4.69) is 0 Å². The summed E-state index contributed by atoms with van der Waals surface area (Å²) in [7, 11) is 0. The summed E-state index contributed by atoms with van der Waals surface area (Å²) in [5, 5.41) is 13.9. The molecule has 0 unspecified atom stereocenters. The van der Waals surface area contributed by atoms with Gasteiger partial charge in [-0.25, -0.2) is 4.79 Å². The zero-order valence-electron chi connectivity index (χ0n) is 2.88. The molecule has 0 atom stereocenters. The van der Waals surface area contributed by atoms with Crippen LogP contribution in [0.1, 0.15) is 0 Å². The molecule has 1 radical (unpaired) electrons. The molecule has 0 aliphatic heterocycles. The van der Waals surface area contributed by atoms with Crippen molar-refractivity contribution in [2.24, 2.45) is 0 Å². The molecule has 0 aliphatic rings. The van der Waals surface area contributed by atoms with Crippen molar-refractivity contribution in [3.05, 3.63) is 0 Å². The number of hydrogen-bond donors (Lipinski definition) is 2. The van der Waals surface area contributed by atoms with Gasteiger partial charge in [0.1, 0.15) is 0 Å². The summed E-state index contributed by atoms with van der Waals surface area (Å²) in [6.07, 6.45) is -1.83. The van der Waals surface area contributed by atoms with Crippen LogP contribution in [0.2, 0.25) is 0 Å². The fraction of sp³-hybridized carbons (Fsp3) is 0. The molecule has 0 aromatic carbocycles. The molecular formula is CH4O4Pr. The second kappa shape index (κ2) is 9.14. The Bertz CT molecular complexity index is 30.5. The van der Waals surface area contributed by atoms with Gasteiger partial charge in [0.2, 0.25) is 0 Å². The molecule has 0 saturated carbocycles. The quantitative estimate of drug-likeness (QED) is 0.572. The molecule has 0 aliphatic carbocycles. The summed E-state index contributed by atoms with van der Waals surface area (Å²) in [5.74, 6) is 0. The fourth-order valence-electron chi connectivity index (χ4n) is 0. The Morgan fingerprint density at radius 1 is 1.33 bits per heavy atom. The molecule has 0 bridgehead atoms. The Morgan fingerprint density at radius 3 is 1.33 bits per heavy atom. The van der Waals surface area contributed by atoms with Gasteiger partial charge in [0.25, 0.3) is 0 Å². The Balaban J connectivity index is -0.0000000450. The van der Waals surface area contributed by atoms with Gasteiger partial charge in [-0.05, 0) is 0 Å². The first-order valence-corrected chi connectivity index (χ1v) is 0.651. The van der Waals surface area contributed by atoms with Gasteiger partial charge in [-0.15, -0.1) is 0 Å². The van der Waals surface area contributed by atoms with Gasteiger partial charge >= 0.3 is 6.16 Å². The van der Waals surface area contributed by atoms with Crippen LogP contribution in [-0.4, -0.2) is 21.8 Å². The fourth-order valence-corrected chi connectivity index (χ4v) is 0. The van der Waals surface area contributed by atoms with Crippen molar-refractivity contribution in [2.75, 3.05) is 0 Å². The maximum Gasteiger partial charge on any atom is 0.503 e. The standard InChI is InChI=1S/CH2O3.H2O.Pr/c2-1(3)4;;/h(H2,2,3,4);1H2;. The molecule has 0 heterocycles. The van der Waals surface area contributed by atoms with Crippen LogP contribution < -0.4 is 0 Å². The van der Waals surface area contributed by atoms with Gasteiger partial charge in [0, 0.05) is 41.3 Å². The van der Waals surface area contributed by atoms with E-state index in [1.54, 1.807) is 0 Å². The Labute approximate surface area is 67.4 Å². The summed E-state index contributed by atoms with van der Waals surface area (Å²) >= 11 is 0. The molecule has 4 nitrogen and oxygen atoms in total. The van der Waals surface area contributed by atoms with Crippen molar-refractivity contribution in [1.82, 2.24) is 0 Å². The van der Waals surface area contributed by atoms with E-state index in [4.69, 9.17) is 15.0 Å². The van der Waals surface area contributed by atoms with Crippen LogP contribution in [0.5, 0.6) is 0 Å². The Morgan fingerprint density at radius 2 is 1.33 bits per heavy atom. The van der Waals surface area contributed by atoms with Gasteiger partial charge in [-0.3, -0.25) is 0 Å². The van der Waals surface area contributed by atoms with E-state index >= 15 is 0 Å². The monoisotopic (exact) mass is 221 g/mol. The molecular weight excluding hydrogens is 217 g/mol. The van der Waals surface area contributed by atoms with Gasteiger partial charge < -0.3 is 15.7 Å². The van der Waals surface area contributed by atoms with E-state index in [9.17, 15) is 0 Å². The zero-order valence-corrected chi connectivity index (χ0v) is 6.58. The summed E-state index contributed by atoms with van der Waals surface area (Å²) in [6.45, 7) is 0. The molecule has 0 fully saturated rings. The van der Waals surface area contributed by atoms with Crippen LogP contribution in [0, 0.1) is 41.3 Å². The summed E-state index contributed by atoms with van der Waals surface area (Å²) in [5.41, 5.74) is 0. The van der Waals surface area contributed by atoms with Gasteiger partial charge in [0.15, 0.2) is 0 Å². The van der Waals surface area contributed by atoms with Crippen LogP contribution in [-0.2, 0) is 0 Å². The van der Waals surface area contributed by atoms with E-state index < -0.39 is 6.16 Å². The normalized spacial score (nSPS) is 4.00. The maximum atomic E-state index is 8.56. The van der Waals surface area contributed by atoms with Crippen LogP contribution in [0.3, 0.4) is 0 Å². The summed E-state index contributed by atoms with van der Waals surface area (Å²) in [4.78, 5) is 8.56. The van der Waals surface area contributed by atoms with Crippen molar-refractivity contribution in [2.45, 2.75) is 0 Å². The third kappa shape index (κ3) is 168. The first kappa shape index (κ1) is 16.0. The third-order valence-corrected chi connectivity index (χ3v) is 0. The minimum absolute atomic E-state index is 0. The van der Waals surface area contributed by atoms with Crippen molar-refractivity contribution in [3.63, 3.8) is 0 Å². The first-order valence-electron chi connectivity index (χ1n) is 0.651. The number of carbonyl (C=O) groups is 1. The van der Waals surface area contributed by atoms with Gasteiger partial charge in [-0.2, -0.15) is 0 Å². The topological polar surface area (TPSA) is 89.0 Å². The SMILES string of the molecule is O.O=C(O)O.[Pr]. The molecule has 0 amide bonds. The minimum Gasteiger partial charge on any atom is -0.450 e. The molecule has 0 rings (SSSR count). The molecule has 0 spiro atoms. The molecule has 0 aromatic rings. The number of hydrogen-bond acceptors (Lipinski definition) is 1.